The first-order chi connectivity index (χ1) is 13.3. The molecule has 148 valence electrons. The number of amides is 1. The van der Waals surface area contributed by atoms with Crippen LogP contribution in [0, 0.1) is 5.82 Å². The number of carbonyl (C=O) groups is 1. The van der Waals surface area contributed by atoms with Crippen LogP contribution < -0.4 is 10.1 Å². The zero-order chi connectivity index (χ0) is 20.3. The number of likely N-dealkylation sites (N-methyl/N-ethyl adjacent to an activating group) is 1. The number of ether oxygens (including phenoxy) is 1. The number of aromatic nitrogens is 1. The number of nitrogens with zero attached hydrogens (tertiary/aromatic N) is 2. The fourth-order valence-corrected chi connectivity index (χ4v) is 3.28. The molecule has 1 aromatic heterocycles. The zero-order valence-corrected chi connectivity index (χ0v) is 17.7. The second-order valence-electron chi connectivity index (χ2n) is 6.91. The summed E-state index contributed by atoms with van der Waals surface area (Å²) in [6.45, 7) is 3.51. The van der Waals surface area contributed by atoms with E-state index in [1.54, 1.807) is 6.92 Å². The fraction of sp³-hybridized carbons (Fsp3) is 0.286. The van der Waals surface area contributed by atoms with Gasteiger partial charge in [0.2, 0.25) is 0 Å². The Bertz CT molecular complexity index is 987. The Balaban J connectivity index is 1.66. The summed E-state index contributed by atoms with van der Waals surface area (Å²) in [6.07, 6.45) is 1.32. The molecule has 0 bridgehead atoms. The van der Waals surface area contributed by atoms with Crippen LogP contribution in [0.2, 0.25) is 0 Å². The summed E-state index contributed by atoms with van der Waals surface area (Å²) in [7, 11) is 4.10. The van der Waals surface area contributed by atoms with Crippen molar-refractivity contribution >= 4 is 38.4 Å². The van der Waals surface area contributed by atoms with Gasteiger partial charge in [0.15, 0.2) is 6.10 Å². The average Bonchev–Trinajstić information content (AvgIpc) is 3.04. The van der Waals surface area contributed by atoms with Gasteiger partial charge < -0.3 is 19.5 Å². The third kappa shape index (κ3) is 4.91. The highest BCUT2D eigenvalue weighted by Crippen LogP contribution is 2.27. The molecule has 3 rings (SSSR count). The maximum Gasteiger partial charge on any atom is 0.265 e. The van der Waals surface area contributed by atoms with Crippen molar-refractivity contribution in [2.75, 3.05) is 26.0 Å². The van der Waals surface area contributed by atoms with Crippen molar-refractivity contribution in [3.05, 3.63) is 59.0 Å². The molecule has 3 aromatic rings. The summed E-state index contributed by atoms with van der Waals surface area (Å²) in [5, 5.41) is 3.94. The normalized spacial score (nSPS) is 12.4. The van der Waals surface area contributed by atoms with Gasteiger partial charge >= 0.3 is 0 Å². The lowest BCUT2D eigenvalue weighted by Crippen LogP contribution is -2.30. The summed E-state index contributed by atoms with van der Waals surface area (Å²) >= 11 is 3.24. The molecule has 5 nitrogen and oxygen atoms in total. The predicted molar refractivity (Wildman–Crippen MR) is 113 cm³/mol. The summed E-state index contributed by atoms with van der Waals surface area (Å²) in [5.74, 6) is -0.234. The third-order valence-corrected chi connectivity index (χ3v) is 5.01. The molecule has 0 saturated carbocycles. The maximum absolute atomic E-state index is 13.2. The molecule has 0 aliphatic carbocycles. The fourth-order valence-electron chi connectivity index (χ4n) is 2.84. The van der Waals surface area contributed by atoms with E-state index in [0.29, 0.717) is 15.9 Å². The number of nitrogens with one attached hydrogen (secondary N) is 1. The largest absolute Gasteiger partial charge is 0.480 e. The van der Waals surface area contributed by atoms with E-state index in [1.165, 1.54) is 18.2 Å². The van der Waals surface area contributed by atoms with Crippen molar-refractivity contribution in [2.45, 2.75) is 19.6 Å². The van der Waals surface area contributed by atoms with Gasteiger partial charge in [-0.15, -0.1) is 0 Å². The summed E-state index contributed by atoms with van der Waals surface area (Å²) in [5.41, 5.74) is 1.83. The molecule has 0 radical (unpaired) electrons. The van der Waals surface area contributed by atoms with E-state index >= 15 is 0 Å². The number of halogens is 2. The third-order valence-electron chi connectivity index (χ3n) is 4.39. The second kappa shape index (κ2) is 8.75. The van der Waals surface area contributed by atoms with Crippen molar-refractivity contribution in [1.29, 1.82) is 0 Å². The molecule has 7 heteroatoms. The van der Waals surface area contributed by atoms with Crippen molar-refractivity contribution < 1.29 is 13.9 Å². The molecule has 0 fully saturated rings. The standard InChI is InChI=1S/C21H23BrFN3O2/c1-14(28-20-7-4-16(23)13-18(20)22)21(27)24-17-5-6-19-15(12-17)8-9-26(19)11-10-25(2)3/h4-9,12-14H,10-11H2,1-3H3,(H,24,27). The lowest BCUT2D eigenvalue weighted by Gasteiger charge is -2.16. The number of benzene rings is 2. The molecule has 0 aliphatic rings. The lowest BCUT2D eigenvalue weighted by atomic mass is 10.2. The highest BCUT2D eigenvalue weighted by Gasteiger charge is 2.17. The monoisotopic (exact) mass is 447 g/mol. The van der Waals surface area contributed by atoms with Gasteiger partial charge in [-0.1, -0.05) is 0 Å². The summed E-state index contributed by atoms with van der Waals surface area (Å²) < 4.78 is 21.5. The molecule has 28 heavy (non-hydrogen) atoms. The smallest absolute Gasteiger partial charge is 0.265 e. The van der Waals surface area contributed by atoms with Crippen molar-refractivity contribution in [3.8, 4) is 5.75 Å². The van der Waals surface area contributed by atoms with Gasteiger partial charge in [0.25, 0.3) is 5.91 Å². The van der Waals surface area contributed by atoms with E-state index in [1.807, 2.05) is 38.4 Å². The molecule has 1 unspecified atom stereocenters. The number of carbonyl (C=O) groups excluding carboxylic acids is 1. The molecule has 1 heterocycles. The molecular weight excluding hydrogens is 425 g/mol. The molecule has 2 aromatic carbocycles. The van der Waals surface area contributed by atoms with Crippen molar-refractivity contribution in [2.24, 2.45) is 0 Å². The van der Waals surface area contributed by atoms with Gasteiger partial charge in [-0.05, 0) is 79.4 Å². The van der Waals surface area contributed by atoms with E-state index in [9.17, 15) is 9.18 Å². The number of hydrogen-bond acceptors (Lipinski definition) is 3. The van der Waals surface area contributed by atoms with Crippen LogP contribution in [0.4, 0.5) is 10.1 Å². The first kappa shape index (κ1) is 20.4. The molecule has 1 N–H and O–H groups in total. The van der Waals surface area contributed by atoms with Crippen LogP contribution in [0.3, 0.4) is 0 Å². The highest BCUT2D eigenvalue weighted by atomic mass is 79.9. The number of rotatable bonds is 7. The van der Waals surface area contributed by atoms with Crippen LogP contribution in [0.5, 0.6) is 5.75 Å². The minimum atomic E-state index is -0.734. The quantitative estimate of drug-likeness (QED) is 0.579. The minimum absolute atomic E-state index is 0.275. The number of fused-ring (bicyclic) bond motifs is 1. The van der Waals surface area contributed by atoms with Gasteiger partial charge in [-0.3, -0.25) is 4.79 Å². The maximum atomic E-state index is 13.2. The SMILES string of the molecule is CC(Oc1ccc(F)cc1Br)C(=O)Nc1ccc2c(ccn2CCN(C)C)c1. The highest BCUT2D eigenvalue weighted by molar-refractivity contribution is 9.10. The Morgan fingerprint density at radius 3 is 2.75 bits per heavy atom. The van der Waals surface area contributed by atoms with Crippen LogP contribution in [0.25, 0.3) is 10.9 Å². The molecular formula is C21H23BrFN3O2. The zero-order valence-electron chi connectivity index (χ0n) is 16.1. The summed E-state index contributed by atoms with van der Waals surface area (Å²) in [6, 6.07) is 12.0. The van der Waals surface area contributed by atoms with Crippen LogP contribution in [0.15, 0.2) is 53.1 Å². The first-order valence-electron chi connectivity index (χ1n) is 8.99. The first-order valence-corrected chi connectivity index (χ1v) is 9.79. The van der Waals surface area contributed by atoms with Crippen LogP contribution >= 0.6 is 15.9 Å². The van der Waals surface area contributed by atoms with Gasteiger partial charge in [0.1, 0.15) is 11.6 Å². The second-order valence-corrected chi connectivity index (χ2v) is 7.76. The van der Waals surface area contributed by atoms with Gasteiger partial charge in [-0.2, -0.15) is 0 Å². The molecule has 0 spiro atoms. The predicted octanol–water partition coefficient (Wildman–Crippen LogP) is 4.51. The molecule has 0 saturated heterocycles. The van der Waals surface area contributed by atoms with Crippen LogP contribution in [0.1, 0.15) is 6.92 Å². The average molecular weight is 448 g/mol. The Hall–Kier alpha value is -2.38. The van der Waals surface area contributed by atoms with Crippen LogP contribution in [-0.4, -0.2) is 42.1 Å². The number of hydrogen-bond donors (Lipinski definition) is 1. The Labute approximate surface area is 172 Å². The molecule has 0 aliphatic heterocycles. The van der Waals surface area contributed by atoms with E-state index in [4.69, 9.17) is 4.74 Å². The van der Waals surface area contributed by atoms with E-state index in [0.717, 1.165) is 24.0 Å². The van der Waals surface area contributed by atoms with E-state index < -0.39 is 6.10 Å². The van der Waals surface area contributed by atoms with Crippen molar-refractivity contribution in [1.82, 2.24) is 9.47 Å². The Kier molecular flexibility index (Phi) is 6.36. The molecule has 1 atom stereocenters. The van der Waals surface area contributed by atoms with Crippen LogP contribution in [-0.2, 0) is 11.3 Å². The Morgan fingerprint density at radius 1 is 1.25 bits per heavy atom. The molecule has 1 amide bonds. The summed E-state index contributed by atoms with van der Waals surface area (Å²) in [4.78, 5) is 14.6. The van der Waals surface area contributed by atoms with Crippen molar-refractivity contribution in [3.63, 3.8) is 0 Å². The van der Waals surface area contributed by atoms with Gasteiger partial charge in [0, 0.05) is 35.9 Å². The Morgan fingerprint density at radius 2 is 2.04 bits per heavy atom. The lowest BCUT2D eigenvalue weighted by molar-refractivity contribution is -0.122. The topological polar surface area (TPSA) is 46.5 Å². The van der Waals surface area contributed by atoms with Gasteiger partial charge in [-0.25, -0.2) is 4.39 Å². The van der Waals surface area contributed by atoms with Gasteiger partial charge in [0.05, 0.1) is 4.47 Å². The number of anilines is 1. The van der Waals surface area contributed by atoms with E-state index in [-0.39, 0.29) is 11.7 Å². The van der Waals surface area contributed by atoms with E-state index in [2.05, 4.69) is 36.9 Å². The minimum Gasteiger partial charge on any atom is -0.480 e.